The van der Waals surface area contributed by atoms with Crippen molar-refractivity contribution < 1.29 is 0 Å². The molecule has 20 heavy (non-hydrogen) atoms. The summed E-state index contributed by atoms with van der Waals surface area (Å²) in [5, 5.41) is 3.45. The highest BCUT2D eigenvalue weighted by Crippen LogP contribution is 2.39. The monoisotopic (exact) mass is 269 g/mol. The first-order valence-electron chi connectivity index (χ1n) is 7.63. The van der Waals surface area contributed by atoms with Crippen LogP contribution in [-0.2, 0) is 0 Å². The summed E-state index contributed by atoms with van der Waals surface area (Å²) in [7, 11) is 0. The van der Waals surface area contributed by atoms with Crippen molar-refractivity contribution in [3.05, 3.63) is 42.2 Å². The Hall–Kier alpha value is -1.77. The molecule has 1 heterocycles. The first kappa shape index (κ1) is 13.2. The Morgan fingerprint density at radius 3 is 2.70 bits per heavy atom. The molecule has 0 radical (unpaired) electrons. The van der Waals surface area contributed by atoms with Crippen molar-refractivity contribution in [3.63, 3.8) is 0 Å². The van der Waals surface area contributed by atoms with Gasteiger partial charge < -0.3 is 9.88 Å². The van der Waals surface area contributed by atoms with E-state index in [-0.39, 0.29) is 0 Å². The van der Waals surface area contributed by atoms with Gasteiger partial charge in [0.05, 0.1) is 5.69 Å². The van der Waals surface area contributed by atoms with E-state index in [2.05, 4.69) is 47.0 Å². The number of aryl methyl sites for hydroxylation is 1. The van der Waals surface area contributed by atoms with Crippen LogP contribution in [0.2, 0.25) is 0 Å². The van der Waals surface area contributed by atoms with E-state index in [4.69, 9.17) is 0 Å². The maximum Gasteiger partial charge on any atom is 0.207 e. The van der Waals surface area contributed by atoms with Crippen LogP contribution < -0.4 is 5.32 Å². The van der Waals surface area contributed by atoms with Crippen molar-refractivity contribution in [2.24, 2.45) is 5.92 Å². The fourth-order valence-corrected chi connectivity index (χ4v) is 2.75. The first-order chi connectivity index (χ1) is 9.76. The third-order valence-electron chi connectivity index (χ3n) is 4.05. The summed E-state index contributed by atoms with van der Waals surface area (Å²) in [6.07, 6.45) is 7.45. The van der Waals surface area contributed by atoms with Crippen LogP contribution in [0.5, 0.6) is 0 Å². The van der Waals surface area contributed by atoms with Gasteiger partial charge in [-0.15, -0.1) is 0 Å². The summed E-state index contributed by atoms with van der Waals surface area (Å²) >= 11 is 0. The lowest BCUT2D eigenvalue weighted by Crippen LogP contribution is -2.11. The van der Waals surface area contributed by atoms with E-state index in [9.17, 15) is 0 Å². The molecule has 1 aromatic carbocycles. The van der Waals surface area contributed by atoms with Crippen LogP contribution in [0.3, 0.4) is 0 Å². The number of para-hydroxylation sites is 1. The Kier molecular flexibility index (Phi) is 3.77. The molecule has 0 spiro atoms. The van der Waals surface area contributed by atoms with Crippen LogP contribution in [0.4, 0.5) is 11.6 Å². The number of hydrogen-bond donors (Lipinski definition) is 1. The summed E-state index contributed by atoms with van der Waals surface area (Å²) in [6.45, 7) is 4.34. The van der Waals surface area contributed by atoms with Gasteiger partial charge in [-0.05, 0) is 37.8 Å². The van der Waals surface area contributed by atoms with E-state index in [1.807, 2.05) is 18.2 Å². The molecule has 1 unspecified atom stereocenters. The molecule has 3 heteroatoms. The minimum Gasteiger partial charge on any atom is -0.326 e. The quantitative estimate of drug-likeness (QED) is 0.824. The minimum absolute atomic E-state index is 0.565. The highest BCUT2D eigenvalue weighted by Gasteiger charge is 2.26. The molecule has 1 aliphatic carbocycles. The molecular weight excluding hydrogens is 246 g/mol. The van der Waals surface area contributed by atoms with Gasteiger partial charge in [-0.1, -0.05) is 38.0 Å². The number of aromatic nitrogens is 2. The zero-order valence-electron chi connectivity index (χ0n) is 12.3. The van der Waals surface area contributed by atoms with E-state index in [0.29, 0.717) is 6.04 Å². The van der Waals surface area contributed by atoms with Crippen LogP contribution >= 0.6 is 0 Å². The molecule has 1 saturated carbocycles. The lowest BCUT2D eigenvalue weighted by atomic mass is 10.1. The lowest BCUT2D eigenvalue weighted by Gasteiger charge is -2.19. The number of nitrogens with one attached hydrogen (secondary N) is 1. The topological polar surface area (TPSA) is 29.9 Å². The molecule has 0 amide bonds. The Bertz CT molecular complexity index is 555. The van der Waals surface area contributed by atoms with Gasteiger partial charge in [0.15, 0.2) is 0 Å². The molecule has 1 aromatic heterocycles. The van der Waals surface area contributed by atoms with Crippen LogP contribution in [0.1, 0.15) is 44.3 Å². The molecule has 0 saturated heterocycles. The van der Waals surface area contributed by atoms with Crippen molar-refractivity contribution in [3.8, 4) is 0 Å². The number of anilines is 2. The van der Waals surface area contributed by atoms with Gasteiger partial charge in [-0.25, -0.2) is 4.98 Å². The fraction of sp³-hybridized carbons (Fsp3) is 0.471. The summed E-state index contributed by atoms with van der Waals surface area (Å²) in [4.78, 5) is 4.65. The van der Waals surface area contributed by atoms with Crippen molar-refractivity contribution in [2.75, 3.05) is 5.32 Å². The molecule has 1 aliphatic rings. The van der Waals surface area contributed by atoms with Crippen LogP contribution in [0.25, 0.3) is 0 Å². The van der Waals surface area contributed by atoms with E-state index in [1.54, 1.807) is 0 Å². The SMILES string of the molecule is CCC(CC1CC1)n1cc(C)nc1Nc1ccccc1. The van der Waals surface area contributed by atoms with Gasteiger partial charge in [0, 0.05) is 17.9 Å². The summed E-state index contributed by atoms with van der Waals surface area (Å²) in [5.41, 5.74) is 2.18. The van der Waals surface area contributed by atoms with Gasteiger partial charge in [-0.3, -0.25) is 0 Å². The van der Waals surface area contributed by atoms with Crippen molar-refractivity contribution in [1.29, 1.82) is 0 Å². The van der Waals surface area contributed by atoms with Gasteiger partial charge in [0.1, 0.15) is 0 Å². The normalized spacial score (nSPS) is 16.1. The predicted molar refractivity (Wildman–Crippen MR) is 83.4 cm³/mol. The molecule has 0 aliphatic heterocycles. The Balaban J connectivity index is 1.82. The van der Waals surface area contributed by atoms with Crippen LogP contribution in [0.15, 0.2) is 36.5 Å². The average Bonchev–Trinajstić information content (AvgIpc) is 3.21. The zero-order chi connectivity index (χ0) is 13.9. The van der Waals surface area contributed by atoms with Gasteiger partial charge in [0.25, 0.3) is 0 Å². The molecule has 106 valence electrons. The van der Waals surface area contributed by atoms with Gasteiger partial charge in [-0.2, -0.15) is 0 Å². The highest BCUT2D eigenvalue weighted by atomic mass is 15.2. The maximum atomic E-state index is 4.65. The van der Waals surface area contributed by atoms with Crippen molar-refractivity contribution in [1.82, 2.24) is 9.55 Å². The number of nitrogens with zero attached hydrogens (tertiary/aromatic N) is 2. The van der Waals surface area contributed by atoms with Crippen LogP contribution in [-0.4, -0.2) is 9.55 Å². The molecule has 1 N–H and O–H groups in total. The third kappa shape index (κ3) is 3.03. The summed E-state index contributed by atoms with van der Waals surface area (Å²) in [6, 6.07) is 10.8. The third-order valence-corrected chi connectivity index (χ3v) is 4.05. The van der Waals surface area contributed by atoms with Crippen LogP contribution in [0, 0.1) is 12.8 Å². The first-order valence-corrected chi connectivity index (χ1v) is 7.63. The standard InChI is InChI=1S/C17H23N3/c1-3-16(11-14-9-10-14)20-12-13(2)18-17(20)19-15-7-5-4-6-8-15/h4-8,12,14,16H,3,9-11H2,1-2H3,(H,18,19). The van der Waals surface area contributed by atoms with E-state index in [1.165, 1.54) is 19.3 Å². The molecule has 3 nitrogen and oxygen atoms in total. The molecule has 1 fully saturated rings. The largest absolute Gasteiger partial charge is 0.326 e. The van der Waals surface area contributed by atoms with Gasteiger partial charge in [0.2, 0.25) is 5.95 Å². The summed E-state index contributed by atoms with van der Waals surface area (Å²) < 4.78 is 2.33. The Morgan fingerprint density at radius 1 is 1.30 bits per heavy atom. The Morgan fingerprint density at radius 2 is 2.05 bits per heavy atom. The maximum absolute atomic E-state index is 4.65. The Labute approximate surface area is 121 Å². The molecule has 0 bridgehead atoms. The number of rotatable bonds is 6. The second-order valence-corrected chi connectivity index (χ2v) is 5.85. The fourth-order valence-electron chi connectivity index (χ4n) is 2.75. The minimum atomic E-state index is 0.565. The number of benzene rings is 1. The number of imidazole rings is 1. The average molecular weight is 269 g/mol. The summed E-state index contributed by atoms with van der Waals surface area (Å²) in [5.74, 6) is 1.91. The highest BCUT2D eigenvalue weighted by molar-refractivity contribution is 5.53. The van der Waals surface area contributed by atoms with Crippen molar-refractivity contribution >= 4 is 11.6 Å². The molecule has 2 aromatic rings. The van der Waals surface area contributed by atoms with Crippen molar-refractivity contribution in [2.45, 2.75) is 45.6 Å². The molecular formula is C17H23N3. The number of hydrogen-bond acceptors (Lipinski definition) is 2. The van der Waals surface area contributed by atoms with E-state index in [0.717, 1.165) is 29.7 Å². The van der Waals surface area contributed by atoms with E-state index < -0.39 is 0 Å². The van der Waals surface area contributed by atoms with Gasteiger partial charge >= 0.3 is 0 Å². The predicted octanol–water partition coefficient (Wildman–Crippen LogP) is 4.69. The molecule has 3 rings (SSSR count). The van der Waals surface area contributed by atoms with E-state index >= 15 is 0 Å². The lowest BCUT2D eigenvalue weighted by molar-refractivity contribution is 0.432. The second kappa shape index (κ2) is 5.70. The second-order valence-electron chi connectivity index (χ2n) is 5.85. The smallest absolute Gasteiger partial charge is 0.207 e. The molecule has 1 atom stereocenters. The zero-order valence-corrected chi connectivity index (χ0v) is 12.3.